The minimum Gasteiger partial charge on any atom is -0.345 e. The lowest BCUT2D eigenvalue weighted by atomic mass is 10.1. The minimum absolute atomic E-state index is 0.145. The first-order chi connectivity index (χ1) is 12.0. The van der Waals surface area contributed by atoms with Crippen LogP contribution in [0.1, 0.15) is 26.8 Å². The first-order valence-corrected chi connectivity index (χ1v) is 9.15. The Labute approximate surface area is 152 Å². The smallest absolute Gasteiger partial charge is 0.178 e. The molecule has 0 aliphatic rings. The van der Waals surface area contributed by atoms with E-state index in [1.54, 1.807) is 11.3 Å². The summed E-state index contributed by atoms with van der Waals surface area (Å²) in [4.78, 5) is 19.4. The molecular weight excluding hydrogens is 330 g/mol. The molecule has 130 valence electrons. The molecule has 0 bridgehead atoms. The lowest BCUT2D eigenvalue weighted by molar-refractivity contribution is 0.0942. The second-order valence-corrected chi connectivity index (χ2v) is 7.47. The number of thiazole rings is 1. The average Bonchev–Trinajstić information content (AvgIpc) is 3.09. The summed E-state index contributed by atoms with van der Waals surface area (Å²) in [7, 11) is 1.97. The molecular formula is C20H23N3OS. The molecule has 5 heteroatoms. The Morgan fingerprint density at radius 2 is 2.12 bits per heavy atom. The van der Waals surface area contributed by atoms with E-state index in [1.807, 2.05) is 56.1 Å². The van der Waals surface area contributed by atoms with E-state index >= 15 is 0 Å². The highest BCUT2D eigenvalue weighted by atomic mass is 32.1. The zero-order chi connectivity index (χ0) is 18.0. The number of Topliss-reactive ketones (excluding diaryl/α,β-unsaturated/α-hetero) is 1. The van der Waals surface area contributed by atoms with Gasteiger partial charge in [0.1, 0.15) is 5.01 Å². The topological polar surface area (TPSA) is 38.1 Å². The first kappa shape index (κ1) is 17.6. The number of nitrogens with zero attached hydrogens (tertiary/aromatic N) is 3. The van der Waals surface area contributed by atoms with Crippen molar-refractivity contribution in [1.82, 2.24) is 14.5 Å². The molecule has 0 saturated carbocycles. The number of hydrogen-bond acceptors (Lipinski definition) is 4. The summed E-state index contributed by atoms with van der Waals surface area (Å²) < 4.78 is 3.30. The van der Waals surface area contributed by atoms with Crippen molar-refractivity contribution in [1.29, 1.82) is 0 Å². The van der Waals surface area contributed by atoms with Crippen molar-refractivity contribution in [2.75, 3.05) is 13.6 Å². The predicted octanol–water partition coefficient (Wildman–Crippen LogP) is 4.22. The number of ketones is 1. The van der Waals surface area contributed by atoms with Gasteiger partial charge >= 0.3 is 0 Å². The molecule has 0 saturated heterocycles. The van der Waals surface area contributed by atoms with E-state index in [-0.39, 0.29) is 5.78 Å². The average molecular weight is 353 g/mol. The second kappa shape index (κ2) is 7.33. The Hall–Kier alpha value is -2.24. The maximum absolute atomic E-state index is 12.7. The van der Waals surface area contributed by atoms with E-state index in [0.717, 1.165) is 34.0 Å². The summed E-state index contributed by atoms with van der Waals surface area (Å²) in [5.41, 5.74) is 3.93. The van der Waals surface area contributed by atoms with Gasteiger partial charge in [-0.05, 0) is 39.1 Å². The largest absolute Gasteiger partial charge is 0.345 e. The van der Waals surface area contributed by atoms with E-state index < -0.39 is 0 Å². The van der Waals surface area contributed by atoms with Gasteiger partial charge in [-0.2, -0.15) is 0 Å². The van der Waals surface area contributed by atoms with Gasteiger partial charge in [-0.3, -0.25) is 9.69 Å². The fourth-order valence-corrected chi connectivity index (χ4v) is 4.15. The lowest BCUT2D eigenvalue weighted by Crippen LogP contribution is -2.25. The number of aryl methyl sites for hydroxylation is 1. The van der Waals surface area contributed by atoms with Crippen LogP contribution in [-0.4, -0.2) is 33.8 Å². The summed E-state index contributed by atoms with van der Waals surface area (Å²) in [6, 6.07) is 10.1. The zero-order valence-corrected chi connectivity index (χ0v) is 15.8. The highest BCUT2D eigenvalue weighted by molar-refractivity contribution is 7.18. The SMILES string of the molecule is C=CCn1c(C)cc(C(=O)CN(C)Cc2nc3ccccc3s2)c1C. The fourth-order valence-electron chi connectivity index (χ4n) is 3.10. The quantitative estimate of drug-likeness (QED) is 0.472. The Morgan fingerprint density at radius 1 is 1.36 bits per heavy atom. The van der Waals surface area contributed by atoms with Crippen molar-refractivity contribution in [2.24, 2.45) is 0 Å². The molecule has 0 amide bonds. The maximum Gasteiger partial charge on any atom is 0.178 e. The number of hydrogen-bond donors (Lipinski definition) is 0. The summed E-state index contributed by atoms with van der Waals surface area (Å²) in [5.74, 6) is 0.145. The van der Waals surface area contributed by atoms with Crippen LogP contribution in [0.15, 0.2) is 43.0 Å². The molecule has 25 heavy (non-hydrogen) atoms. The van der Waals surface area contributed by atoms with Gasteiger partial charge in [0.05, 0.1) is 23.3 Å². The number of carbonyl (C=O) groups excluding carboxylic acids is 1. The molecule has 2 aromatic heterocycles. The first-order valence-electron chi connectivity index (χ1n) is 8.33. The Balaban J connectivity index is 1.70. The number of para-hydroxylation sites is 1. The number of benzene rings is 1. The van der Waals surface area contributed by atoms with E-state index in [9.17, 15) is 4.79 Å². The van der Waals surface area contributed by atoms with E-state index in [1.165, 1.54) is 4.70 Å². The van der Waals surface area contributed by atoms with Crippen molar-refractivity contribution in [2.45, 2.75) is 26.9 Å². The van der Waals surface area contributed by atoms with Gasteiger partial charge in [0.25, 0.3) is 0 Å². The monoisotopic (exact) mass is 353 g/mol. The van der Waals surface area contributed by atoms with Gasteiger partial charge in [0.2, 0.25) is 0 Å². The highest BCUT2D eigenvalue weighted by Crippen LogP contribution is 2.22. The highest BCUT2D eigenvalue weighted by Gasteiger charge is 2.17. The molecule has 3 rings (SSSR count). The van der Waals surface area contributed by atoms with E-state index in [2.05, 4.69) is 22.2 Å². The third-order valence-corrected chi connectivity index (χ3v) is 5.36. The Bertz CT molecular complexity index is 889. The van der Waals surface area contributed by atoms with Crippen molar-refractivity contribution >= 4 is 27.3 Å². The van der Waals surface area contributed by atoms with Crippen LogP contribution in [0, 0.1) is 13.8 Å². The molecule has 2 heterocycles. The third kappa shape index (κ3) is 3.72. The van der Waals surface area contributed by atoms with Crippen LogP contribution in [0.3, 0.4) is 0 Å². The van der Waals surface area contributed by atoms with Gasteiger partial charge in [0.15, 0.2) is 5.78 Å². The number of aromatic nitrogens is 2. The van der Waals surface area contributed by atoms with Crippen molar-refractivity contribution in [3.05, 3.63) is 64.9 Å². The Kier molecular flexibility index (Phi) is 5.16. The summed E-state index contributed by atoms with van der Waals surface area (Å²) in [6.07, 6.45) is 1.85. The molecule has 0 radical (unpaired) electrons. The lowest BCUT2D eigenvalue weighted by Gasteiger charge is -2.14. The minimum atomic E-state index is 0.145. The van der Waals surface area contributed by atoms with Gasteiger partial charge in [-0.25, -0.2) is 4.98 Å². The molecule has 0 N–H and O–H groups in total. The molecule has 0 fully saturated rings. The van der Waals surface area contributed by atoms with Crippen LogP contribution >= 0.6 is 11.3 Å². The Morgan fingerprint density at radius 3 is 2.84 bits per heavy atom. The summed E-state index contributed by atoms with van der Waals surface area (Å²) in [6.45, 7) is 9.60. The molecule has 3 aromatic rings. The van der Waals surface area contributed by atoms with Crippen LogP contribution in [-0.2, 0) is 13.1 Å². The molecule has 1 aromatic carbocycles. The zero-order valence-electron chi connectivity index (χ0n) is 15.0. The normalized spacial score (nSPS) is 11.4. The van der Waals surface area contributed by atoms with Gasteiger partial charge < -0.3 is 4.57 Å². The maximum atomic E-state index is 12.7. The summed E-state index contributed by atoms with van der Waals surface area (Å²) >= 11 is 1.69. The molecule has 0 atom stereocenters. The number of allylic oxidation sites excluding steroid dienone is 1. The van der Waals surface area contributed by atoms with Crippen LogP contribution in [0.2, 0.25) is 0 Å². The van der Waals surface area contributed by atoms with Gasteiger partial charge in [-0.15, -0.1) is 17.9 Å². The molecule has 0 spiro atoms. The number of fused-ring (bicyclic) bond motifs is 1. The van der Waals surface area contributed by atoms with Crippen LogP contribution < -0.4 is 0 Å². The van der Waals surface area contributed by atoms with Crippen LogP contribution in [0.5, 0.6) is 0 Å². The van der Waals surface area contributed by atoms with E-state index in [0.29, 0.717) is 13.1 Å². The van der Waals surface area contributed by atoms with Crippen LogP contribution in [0.25, 0.3) is 10.2 Å². The van der Waals surface area contributed by atoms with Crippen molar-refractivity contribution < 1.29 is 4.79 Å². The molecule has 0 unspecified atom stereocenters. The van der Waals surface area contributed by atoms with Crippen molar-refractivity contribution in [3.8, 4) is 0 Å². The predicted molar refractivity (Wildman–Crippen MR) is 104 cm³/mol. The molecule has 0 aliphatic carbocycles. The number of likely N-dealkylation sites (N-methyl/N-ethyl adjacent to an activating group) is 1. The number of rotatable bonds is 7. The third-order valence-electron chi connectivity index (χ3n) is 4.34. The standard InChI is InChI=1S/C20H23N3OS/c1-5-10-23-14(2)11-16(15(23)3)18(24)12-22(4)13-20-21-17-8-6-7-9-19(17)25-20/h5-9,11H,1,10,12-13H2,2-4H3. The second-order valence-electron chi connectivity index (χ2n) is 6.35. The fraction of sp³-hybridized carbons (Fsp3) is 0.300. The molecule has 4 nitrogen and oxygen atoms in total. The number of carbonyl (C=O) groups is 1. The van der Waals surface area contributed by atoms with E-state index in [4.69, 9.17) is 0 Å². The summed E-state index contributed by atoms with van der Waals surface area (Å²) in [5, 5.41) is 1.04. The van der Waals surface area contributed by atoms with Crippen LogP contribution in [0.4, 0.5) is 0 Å². The van der Waals surface area contributed by atoms with Gasteiger partial charge in [0, 0.05) is 23.5 Å². The van der Waals surface area contributed by atoms with Gasteiger partial charge in [-0.1, -0.05) is 18.2 Å². The molecule has 0 aliphatic heterocycles. The van der Waals surface area contributed by atoms with Crippen molar-refractivity contribution in [3.63, 3.8) is 0 Å².